The molecular weight excluding hydrogens is 416 g/mol. The van der Waals surface area contributed by atoms with Crippen molar-refractivity contribution in [1.82, 2.24) is 14.8 Å². The van der Waals surface area contributed by atoms with Crippen LogP contribution in [0, 0.1) is 0 Å². The molecule has 2 aliphatic heterocycles. The number of para-hydroxylation sites is 1. The lowest BCUT2D eigenvalue weighted by Gasteiger charge is -2.40. The van der Waals surface area contributed by atoms with Crippen LogP contribution in [0.5, 0.6) is 0 Å². The quantitative estimate of drug-likeness (QED) is 0.629. The molecule has 1 aromatic heterocycles. The minimum absolute atomic E-state index is 0.126. The molecule has 3 aromatic rings. The van der Waals surface area contributed by atoms with Gasteiger partial charge in [0.1, 0.15) is 6.17 Å². The van der Waals surface area contributed by atoms with Crippen LogP contribution in [0.15, 0.2) is 66.9 Å². The summed E-state index contributed by atoms with van der Waals surface area (Å²) >= 11 is 0. The Morgan fingerprint density at radius 3 is 2.45 bits per heavy atom. The van der Waals surface area contributed by atoms with Gasteiger partial charge < -0.3 is 14.8 Å². The Bertz CT molecular complexity index is 1250. The Morgan fingerprint density at radius 2 is 1.67 bits per heavy atom. The van der Waals surface area contributed by atoms with Gasteiger partial charge in [0, 0.05) is 42.0 Å². The highest BCUT2D eigenvalue weighted by Gasteiger charge is 2.47. The molecule has 7 nitrogen and oxygen atoms in total. The maximum Gasteiger partial charge on any atom is 0.260 e. The van der Waals surface area contributed by atoms with Crippen LogP contribution in [-0.4, -0.2) is 33.7 Å². The molecule has 1 N–H and O–H groups in total. The first kappa shape index (κ1) is 21.0. The molecule has 0 bridgehead atoms. The average molecular weight is 443 g/mol. The standard InChI is InChI=1S/C26H26N4O3/c1-17(2)28-14-7-8-18(28)16-27-23(31)13-15-29-24-19-9-3-4-10-20(19)26(33)30(24)22-12-6-5-11-21(22)25(29)32/h3-12,14,17,24H,13,15-16H2,1-2H3,(H,27,31)/t24-/m1/s1. The normalized spacial score (nSPS) is 16.6. The second kappa shape index (κ2) is 8.24. The number of aromatic nitrogens is 1. The van der Waals surface area contributed by atoms with Crippen LogP contribution in [0.25, 0.3) is 0 Å². The average Bonchev–Trinajstić information content (AvgIpc) is 3.41. The zero-order valence-electron chi connectivity index (χ0n) is 18.7. The van der Waals surface area contributed by atoms with Crippen molar-refractivity contribution in [2.24, 2.45) is 0 Å². The third-order valence-corrected chi connectivity index (χ3v) is 6.35. The Morgan fingerprint density at radius 1 is 0.939 bits per heavy atom. The molecule has 0 unspecified atom stereocenters. The fourth-order valence-electron chi connectivity index (χ4n) is 4.78. The summed E-state index contributed by atoms with van der Waals surface area (Å²) in [5.74, 6) is -0.431. The number of amides is 3. The monoisotopic (exact) mass is 442 g/mol. The van der Waals surface area contributed by atoms with Gasteiger partial charge in [-0.05, 0) is 44.2 Å². The summed E-state index contributed by atoms with van der Waals surface area (Å²) in [5.41, 5.74) is 3.51. The van der Waals surface area contributed by atoms with Gasteiger partial charge in [0.25, 0.3) is 11.8 Å². The smallest absolute Gasteiger partial charge is 0.260 e. The van der Waals surface area contributed by atoms with E-state index in [0.29, 0.717) is 29.4 Å². The van der Waals surface area contributed by atoms with E-state index >= 15 is 0 Å². The van der Waals surface area contributed by atoms with Gasteiger partial charge in [-0.2, -0.15) is 0 Å². The molecule has 0 saturated heterocycles. The van der Waals surface area contributed by atoms with Crippen molar-refractivity contribution in [2.75, 3.05) is 11.4 Å². The van der Waals surface area contributed by atoms with E-state index in [1.54, 1.807) is 34.1 Å². The van der Waals surface area contributed by atoms with Crippen molar-refractivity contribution in [1.29, 1.82) is 0 Å². The highest BCUT2D eigenvalue weighted by molar-refractivity contribution is 6.16. The molecule has 0 radical (unpaired) electrons. The molecule has 3 amide bonds. The lowest BCUT2D eigenvalue weighted by atomic mass is 10.0. The Hall–Kier alpha value is -3.87. The third-order valence-electron chi connectivity index (χ3n) is 6.35. The number of carbonyl (C=O) groups excluding carboxylic acids is 3. The maximum atomic E-state index is 13.4. The van der Waals surface area contributed by atoms with Crippen molar-refractivity contribution in [3.63, 3.8) is 0 Å². The number of carbonyl (C=O) groups is 3. The topological polar surface area (TPSA) is 74.7 Å². The van der Waals surface area contributed by atoms with E-state index in [2.05, 4.69) is 23.7 Å². The summed E-state index contributed by atoms with van der Waals surface area (Å²) in [6.45, 7) is 4.83. The molecule has 2 aliphatic rings. The second-order valence-electron chi connectivity index (χ2n) is 8.68. The summed E-state index contributed by atoms with van der Waals surface area (Å²) in [7, 11) is 0. The predicted octanol–water partition coefficient (Wildman–Crippen LogP) is 3.89. The Balaban J connectivity index is 1.36. The number of hydrogen-bond acceptors (Lipinski definition) is 3. The summed E-state index contributed by atoms with van der Waals surface area (Å²) in [6, 6.07) is 18.8. The van der Waals surface area contributed by atoms with E-state index in [4.69, 9.17) is 0 Å². The number of anilines is 1. The Labute approximate surface area is 192 Å². The van der Waals surface area contributed by atoms with Crippen LogP contribution in [0.2, 0.25) is 0 Å². The second-order valence-corrected chi connectivity index (χ2v) is 8.68. The highest BCUT2D eigenvalue weighted by Crippen LogP contribution is 2.45. The number of fused-ring (bicyclic) bond motifs is 5. The van der Waals surface area contributed by atoms with Gasteiger partial charge in [0.2, 0.25) is 5.91 Å². The molecule has 3 heterocycles. The minimum atomic E-state index is -0.540. The van der Waals surface area contributed by atoms with Gasteiger partial charge in [-0.25, -0.2) is 0 Å². The van der Waals surface area contributed by atoms with Crippen LogP contribution in [0.3, 0.4) is 0 Å². The van der Waals surface area contributed by atoms with E-state index in [0.717, 1.165) is 11.3 Å². The molecule has 5 rings (SSSR count). The SMILES string of the molecule is CC(C)n1cccc1CNC(=O)CCN1C(=O)c2ccccc2N2C(=O)c3ccccc3[C@H]12. The van der Waals surface area contributed by atoms with E-state index in [-0.39, 0.29) is 30.7 Å². The van der Waals surface area contributed by atoms with Crippen LogP contribution in [0.4, 0.5) is 5.69 Å². The predicted molar refractivity (Wildman–Crippen MR) is 125 cm³/mol. The number of benzene rings is 2. The summed E-state index contributed by atoms with van der Waals surface area (Å²) in [5, 5.41) is 2.96. The molecule has 7 heteroatoms. The van der Waals surface area contributed by atoms with E-state index < -0.39 is 6.17 Å². The van der Waals surface area contributed by atoms with Gasteiger partial charge in [-0.3, -0.25) is 19.3 Å². The molecule has 2 aromatic carbocycles. The highest BCUT2D eigenvalue weighted by atomic mass is 16.2. The van der Waals surface area contributed by atoms with Crippen LogP contribution in [-0.2, 0) is 11.3 Å². The molecule has 168 valence electrons. The van der Waals surface area contributed by atoms with Crippen molar-refractivity contribution in [3.05, 3.63) is 89.2 Å². The summed E-state index contributed by atoms with van der Waals surface area (Å²) in [4.78, 5) is 42.6. The van der Waals surface area contributed by atoms with Crippen molar-refractivity contribution in [3.8, 4) is 0 Å². The first-order chi connectivity index (χ1) is 16.0. The first-order valence-electron chi connectivity index (χ1n) is 11.2. The number of nitrogens with zero attached hydrogens (tertiary/aromatic N) is 3. The molecule has 0 spiro atoms. The third kappa shape index (κ3) is 3.50. The van der Waals surface area contributed by atoms with Crippen LogP contribution >= 0.6 is 0 Å². The molecule has 0 aliphatic carbocycles. The van der Waals surface area contributed by atoms with Crippen LogP contribution < -0.4 is 10.2 Å². The van der Waals surface area contributed by atoms with Crippen molar-refractivity contribution in [2.45, 2.75) is 39.0 Å². The summed E-state index contributed by atoms with van der Waals surface area (Å²) in [6.07, 6.45) is 1.61. The lowest BCUT2D eigenvalue weighted by Crippen LogP contribution is -2.49. The Kier molecular flexibility index (Phi) is 5.24. The van der Waals surface area contributed by atoms with E-state index in [1.165, 1.54) is 0 Å². The fourth-order valence-corrected chi connectivity index (χ4v) is 4.78. The van der Waals surface area contributed by atoms with Gasteiger partial charge in [0.15, 0.2) is 0 Å². The number of rotatable bonds is 6. The minimum Gasteiger partial charge on any atom is -0.350 e. The van der Waals surface area contributed by atoms with Gasteiger partial charge in [-0.15, -0.1) is 0 Å². The van der Waals surface area contributed by atoms with Gasteiger partial charge in [0.05, 0.1) is 17.8 Å². The van der Waals surface area contributed by atoms with Gasteiger partial charge in [-0.1, -0.05) is 30.3 Å². The lowest BCUT2D eigenvalue weighted by molar-refractivity contribution is -0.121. The molecule has 1 atom stereocenters. The van der Waals surface area contributed by atoms with E-state index in [1.807, 2.05) is 42.6 Å². The largest absolute Gasteiger partial charge is 0.350 e. The zero-order valence-corrected chi connectivity index (χ0v) is 18.7. The molecular formula is C26H26N4O3. The van der Waals surface area contributed by atoms with E-state index in [9.17, 15) is 14.4 Å². The van der Waals surface area contributed by atoms with Crippen molar-refractivity contribution >= 4 is 23.4 Å². The molecule has 0 saturated carbocycles. The van der Waals surface area contributed by atoms with Gasteiger partial charge >= 0.3 is 0 Å². The van der Waals surface area contributed by atoms with Crippen LogP contribution in [0.1, 0.15) is 64.4 Å². The number of hydrogen-bond donors (Lipinski definition) is 1. The summed E-state index contributed by atoms with van der Waals surface area (Å²) < 4.78 is 2.12. The maximum absolute atomic E-state index is 13.4. The molecule has 33 heavy (non-hydrogen) atoms. The first-order valence-corrected chi connectivity index (χ1v) is 11.2. The van der Waals surface area contributed by atoms with Crippen molar-refractivity contribution < 1.29 is 14.4 Å². The fraction of sp³-hybridized carbons (Fsp3) is 0.269. The molecule has 0 fully saturated rings. The number of nitrogens with one attached hydrogen (secondary N) is 1. The zero-order chi connectivity index (χ0) is 23.1.